The number of hydrogen-bond donors (Lipinski definition) is 0. The van der Waals surface area contributed by atoms with Crippen molar-refractivity contribution >= 4 is 19.7 Å². The van der Waals surface area contributed by atoms with Gasteiger partial charge in [-0.2, -0.15) is 0 Å². The zero-order valence-corrected chi connectivity index (χ0v) is 8.42. The Balaban J connectivity index is 3.79. The third-order valence-electron chi connectivity index (χ3n) is 0.654. The molecule has 0 aromatic rings. The summed E-state index contributed by atoms with van der Waals surface area (Å²) in [7, 11) is 4.00. The van der Waals surface area contributed by atoms with Gasteiger partial charge in [0.05, 0.1) is 21.1 Å². The van der Waals surface area contributed by atoms with Crippen molar-refractivity contribution in [2.45, 2.75) is 0 Å². The first-order chi connectivity index (χ1) is 4.21. The third-order valence-corrected chi connectivity index (χ3v) is 3.56. The van der Waals surface area contributed by atoms with Crippen LogP contribution >= 0.6 is 10.8 Å². The molecular weight excluding hydrogens is 170 g/mol. The van der Waals surface area contributed by atoms with E-state index in [1.807, 2.05) is 21.1 Å². The summed E-state index contributed by atoms with van der Waals surface area (Å²) in [6.45, 7) is 0. The molecule has 0 aliphatic heterocycles. The van der Waals surface area contributed by atoms with Crippen molar-refractivity contribution in [1.29, 1.82) is 0 Å². The molecular formula is C5H14NO2S2+. The quantitative estimate of drug-likeness (QED) is 0.360. The van der Waals surface area contributed by atoms with Crippen LogP contribution in [0.1, 0.15) is 0 Å². The maximum Gasteiger partial charge on any atom is 0.203 e. The molecule has 0 aliphatic carbocycles. The Morgan fingerprint density at radius 2 is 1.70 bits per heavy atom. The molecule has 0 bridgehead atoms. The second kappa shape index (κ2) is 3.11. The van der Waals surface area contributed by atoms with Gasteiger partial charge < -0.3 is 4.48 Å². The molecule has 0 unspecified atom stereocenters. The van der Waals surface area contributed by atoms with Gasteiger partial charge in [-0.25, -0.2) is 8.42 Å². The first-order valence-corrected chi connectivity index (χ1v) is 6.25. The SMILES string of the molecule is C[N+](C)(C)CSS(C)(=O)=O. The Labute approximate surface area is 66.3 Å². The van der Waals surface area contributed by atoms with E-state index >= 15 is 0 Å². The molecule has 0 aliphatic rings. The van der Waals surface area contributed by atoms with Gasteiger partial charge >= 0.3 is 0 Å². The van der Waals surface area contributed by atoms with E-state index in [2.05, 4.69) is 0 Å². The van der Waals surface area contributed by atoms with Crippen LogP contribution in [-0.2, 0) is 8.87 Å². The summed E-state index contributed by atoms with van der Waals surface area (Å²) >= 11 is 0. The van der Waals surface area contributed by atoms with Crippen molar-refractivity contribution < 1.29 is 12.9 Å². The molecule has 0 amide bonds. The average molecular weight is 184 g/mol. The first-order valence-electron chi connectivity index (χ1n) is 2.85. The molecule has 3 nitrogen and oxygen atoms in total. The molecule has 0 aromatic carbocycles. The van der Waals surface area contributed by atoms with Crippen molar-refractivity contribution in [1.82, 2.24) is 0 Å². The van der Waals surface area contributed by atoms with Crippen molar-refractivity contribution in [2.75, 3.05) is 33.3 Å². The second-order valence-electron chi connectivity index (χ2n) is 3.24. The first kappa shape index (κ1) is 10.3. The highest BCUT2D eigenvalue weighted by Crippen LogP contribution is 2.12. The van der Waals surface area contributed by atoms with E-state index in [0.29, 0.717) is 10.4 Å². The van der Waals surface area contributed by atoms with Crippen LogP contribution in [0.4, 0.5) is 0 Å². The van der Waals surface area contributed by atoms with E-state index in [9.17, 15) is 8.42 Å². The summed E-state index contributed by atoms with van der Waals surface area (Å²) in [5.41, 5.74) is 0. The number of quaternary nitrogens is 1. The van der Waals surface area contributed by atoms with Crippen LogP contribution in [0.2, 0.25) is 0 Å². The lowest BCUT2D eigenvalue weighted by Crippen LogP contribution is -2.34. The lowest BCUT2D eigenvalue weighted by atomic mass is 10.8. The smallest absolute Gasteiger partial charge is 0.203 e. The van der Waals surface area contributed by atoms with Crippen LogP contribution in [-0.4, -0.2) is 46.2 Å². The maximum atomic E-state index is 10.6. The lowest BCUT2D eigenvalue weighted by Gasteiger charge is -2.22. The Bertz CT molecular complexity index is 190. The number of rotatable bonds is 3. The maximum absolute atomic E-state index is 10.6. The van der Waals surface area contributed by atoms with Crippen LogP contribution < -0.4 is 0 Å². The van der Waals surface area contributed by atoms with Gasteiger partial charge in [0, 0.05) is 17.0 Å². The van der Waals surface area contributed by atoms with Crippen LogP contribution in [0.3, 0.4) is 0 Å². The molecule has 62 valence electrons. The minimum absolute atomic E-state index is 0.596. The second-order valence-corrected chi connectivity index (χ2v) is 7.67. The molecule has 0 saturated carbocycles. The van der Waals surface area contributed by atoms with Crippen molar-refractivity contribution in [3.8, 4) is 0 Å². The van der Waals surface area contributed by atoms with E-state index in [1.54, 1.807) is 0 Å². The molecule has 0 saturated heterocycles. The highest BCUT2D eigenvalue weighted by atomic mass is 33.1. The molecule has 0 fully saturated rings. The fourth-order valence-corrected chi connectivity index (χ4v) is 2.28. The minimum Gasteiger partial charge on any atom is -0.322 e. The molecule has 10 heavy (non-hydrogen) atoms. The van der Waals surface area contributed by atoms with Crippen molar-refractivity contribution in [3.63, 3.8) is 0 Å². The Morgan fingerprint density at radius 1 is 1.30 bits per heavy atom. The lowest BCUT2D eigenvalue weighted by molar-refractivity contribution is -0.856. The molecule has 0 spiro atoms. The van der Waals surface area contributed by atoms with E-state index in [0.717, 1.165) is 10.8 Å². The summed E-state index contributed by atoms with van der Waals surface area (Å²) in [5.74, 6) is 0.596. The van der Waals surface area contributed by atoms with Crippen molar-refractivity contribution in [3.05, 3.63) is 0 Å². The van der Waals surface area contributed by atoms with E-state index in [-0.39, 0.29) is 0 Å². The predicted octanol–water partition coefficient (Wildman–Crippen LogP) is 0.343. The highest BCUT2D eigenvalue weighted by molar-refractivity contribution is 8.71. The van der Waals surface area contributed by atoms with Gasteiger partial charge in [-0.15, -0.1) is 0 Å². The van der Waals surface area contributed by atoms with E-state index in [4.69, 9.17) is 0 Å². The van der Waals surface area contributed by atoms with E-state index in [1.165, 1.54) is 6.26 Å². The fraction of sp³-hybridized carbons (Fsp3) is 1.00. The van der Waals surface area contributed by atoms with Gasteiger partial charge in [0.1, 0.15) is 5.88 Å². The molecule has 0 aromatic heterocycles. The van der Waals surface area contributed by atoms with Gasteiger partial charge in [-0.05, 0) is 0 Å². The summed E-state index contributed by atoms with van der Waals surface area (Å²) in [5, 5.41) is 0. The van der Waals surface area contributed by atoms with Crippen LogP contribution in [0.15, 0.2) is 0 Å². The highest BCUT2D eigenvalue weighted by Gasteiger charge is 2.12. The summed E-state index contributed by atoms with van der Waals surface area (Å²) in [6.07, 6.45) is 1.23. The summed E-state index contributed by atoms with van der Waals surface area (Å²) in [4.78, 5) is 0. The average Bonchev–Trinajstić information content (AvgIpc) is 1.57. The van der Waals surface area contributed by atoms with Gasteiger partial charge in [-0.1, -0.05) is 0 Å². The van der Waals surface area contributed by atoms with Crippen LogP contribution in [0, 0.1) is 0 Å². The van der Waals surface area contributed by atoms with Crippen LogP contribution in [0.25, 0.3) is 0 Å². The van der Waals surface area contributed by atoms with Crippen molar-refractivity contribution in [2.24, 2.45) is 0 Å². The topological polar surface area (TPSA) is 34.1 Å². The summed E-state index contributed by atoms with van der Waals surface area (Å²) < 4.78 is 21.9. The molecule has 0 rings (SSSR count). The minimum atomic E-state index is -2.86. The van der Waals surface area contributed by atoms with Crippen LogP contribution in [0.5, 0.6) is 0 Å². The third kappa shape index (κ3) is 8.26. The predicted molar refractivity (Wildman–Crippen MR) is 45.3 cm³/mol. The standard InChI is InChI=1S/C5H14NO2S2/c1-6(2,3)5-9-10(4,7)8/h5H2,1-4H3/q+1. The Kier molecular flexibility index (Phi) is 3.19. The molecule has 0 heterocycles. The van der Waals surface area contributed by atoms with Gasteiger partial charge in [-0.3, -0.25) is 0 Å². The molecule has 0 atom stereocenters. The van der Waals surface area contributed by atoms with E-state index < -0.39 is 8.87 Å². The zero-order chi connectivity index (χ0) is 8.41. The molecule has 5 heteroatoms. The largest absolute Gasteiger partial charge is 0.322 e. The number of nitrogens with zero attached hydrogens (tertiary/aromatic N) is 1. The zero-order valence-electron chi connectivity index (χ0n) is 6.79. The molecule has 0 N–H and O–H groups in total. The monoisotopic (exact) mass is 184 g/mol. The van der Waals surface area contributed by atoms with Gasteiger partial charge in [0.25, 0.3) is 0 Å². The Hall–Kier alpha value is 0.260. The fourth-order valence-electron chi connectivity index (χ4n) is 0.254. The Morgan fingerprint density at radius 3 is 1.80 bits per heavy atom. The normalized spacial score (nSPS) is 13.6. The number of hydrogen-bond acceptors (Lipinski definition) is 3. The van der Waals surface area contributed by atoms with Gasteiger partial charge in [0.15, 0.2) is 0 Å². The van der Waals surface area contributed by atoms with Gasteiger partial charge in [0.2, 0.25) is 8.87 Å². The summed E-state index contributed by atoms with van der Waals surface area (Å²) in [6, 6.07) is 0. The molecule has 0 radical (unpaired) electrons.